The molecule has 2 N–H and O–H groups in total. The van der Waals surface area contributed by atoms with Crippen molar-refractivity contribution in [3.8, 4) is 0 Å². The lowest BCUT2D eigenvalue weighted by molar-refractivity contribution is -0.161. The Morgan fingerprint density at radius 1 is 0.362 bits per heavy atom. The van der Waals surface area contributed by atoms with Gasteiger partial charge in [0.1, 0.15) is 12.7 Å². The molecule has 0 fully saturated rings. The van der Waals surface area contributed by atoms with Crippen molar-refractivity contribution >= 4 is 25.7 Å². The molecule has 3 unspecified atom stereocenters. The van der Waals surface area contributed by atoms with E-state index < -0.39 is 57.8 Å². The highest BCUT2D eigenvalue weighted by atomic mass is 31.2. The highest BCUT2D eigenvalue weighted by molar-refractivity contribution is 7.47. The molecule has 0 radical (unpaired) electrons. The van der Waals surface area contributed by atoms with Crippen LogP contribution in [0.25, 0.3) is 0 Å². The summed E-state index contributed by atoms with van der Waals surface area (Å²) >= 11 is 0. The first-order valence-corrected chi connectivity index (χ1v) is 34.0. The van der Waals surface area contributed by atoms with E-state index in [0.717, 1.165) is 128 Å². The smallest absolute Gasteiger partial charge is 0.462 e. The number of esters is 3. The molecule has 462 valence electrons. The van der Waals surface area contributed by atoms with Gasteiger partial charge in [-0.25, -0.2) is 4.57 Å². The third-order valence-electron chi connectivity index (χ3n) is 13.8. The molecular formula is C68H119O11P. The minimum atomic E-state index is -4.76. The summed E-state index contributed by atoms with van der Waals surface area (Å²) in [6.07, 6.45) is 72.4. The quantitative estimate of drug-likeness (QED) is 0.0197. The van der Waals surface area contributed by atoms with Crippen LogP contribution in [-0.2, 0) is 42.2 Å². The zero-order valence-corrected chi connectivity index (χ0v) is 52.2. The molecule has 0 heterocycles. The number of hydrogen-bond acceptors (Lipinski definition) is 10. The Morgan fingerprint density at radius 2 is 0.650 bits per heavy atom. The fraction of sp³-hybridized carbons (Fsp3) is 0.750. The largest absolute Gasteiger partial charge is 0.472 e. The molecule has 80 heavy (non-hydrogen) atoms. The molecule has 0 aromatic carbocycles. The summed E-state index contributed by atoms with van der Waals surface area (Å²) in [6, 6.07) is 0. The number of aliphatic hydroxyl groups excluding tert-OH is 1. The molecule has 0 aromatic heterocycles. The van der Waals surface area contributed by atoms with Crippen molar-refractivity contribution in [2.24, 2.45) is 0 Å². The van der Waals surface area contributed by atoms with E-state index in [1.807, 2.05) is 0 Å². The number of phosphoric acid groups is 1. The standard InChI is InChI=1S/C68H119O11P/c1-4-7-10-13-16-19-22-25-28-30-32-34-37-40-43-46-49-52-55-58-67(71)78-64(60-69)62-76-80(73,74)77-63-65(61-75-66(70)57-54-51-48-45-42-39-36-27-24-21-18-15-12-9-6-3)79-68(72)59-56-53-50-47-44-41-38-35-33-31-29-26-23-20-17-14-11-8-5-2/h8,11,17-18,20-21,25-29,33,35-36,64-65,69H,4-7,9-10,12-16,19,22-24,30-32,34,37-63H2,1-3H3,(H,73,74)/b11-8-,20-17-,21-18-,28-25-,29-26-,35-33-,36-27-. The molecule has 11 nitrogen and oxygen atoms in total. The van der Waals surface area contributed by atoms with Gasteiger partial charge in [-0.3, -0.25) is 23.4 Å². The van der Waals surface area contributed by atoms with Gasteiger partial charge in [-0.15, -0.1) is 0 Å². The Labute approximate surface area is 490 Å². The number of hydrogen-bond donors (Lipinski definition) is 2. The third kappa shape index (κ3) is 59.3. The second kappa shape index (κ2) is 61.7. The van der Waals surface area contributed by atoms with Gasteiger partial charge < -0.3 is 24.2 Å². The number of unbranched alkanes of at least 4 members (excludes halogenated alkanes) is 29. The first-order chi connectivity index (χ1) is 39.2. The summed E-state index contributed by atoms with van der Waals surface area (Å²) < 4.78 is 39.7. The van der Waals surface area contributed by atoms with Crippen molar-refractivity contribution in [2.45, 2.75) is 303 Å². The number of aliphatic hydroxyl groups is 1. The van der Waals surface area contributed by atoms with Crippen LogP contribution in [0.3, 0.4) is 0 Å². The van der Waals surface area contributed by atoms with Crippen molar-refractivity contribution < 1.29 is 52.2 Å². The maximum Gasteiger partial charge on any atom is 0.472 e. The van der Waals surface area contributed by atoms with Gasteiger partial charge in [0.2, 0.25) is 0 Å². The number of allylic oxidation sites excluding steroid dienone is 14. The maximum atomic E-state index is 13.0. The van der Waals surface area contributed by atoms with Crippen LogP contribution in [0.1, 0.15) is 290 Å². The number of ether oxygens (including phenoxy) is 3. The molecule has 0 amide bonds. The van der Waals surface area contributed by atoms with Crippen LogP contribution >= 0.6 is 7.82 Å². The fourth-order valence-corrected chi connectivity index (χ4v) is 9.63. The second-order valence-corrected chi connectivity index (χ2v) is 23.0. The van der Waals surface area contributed by atoms with Crippen LogP contribution in [0, 0.1) is 0 Å². The second-order valence-electron chi connectivity index (χ2n) is 21.5. The summed E-state index contributed by atoms with van der Waals surface area (Å²) in [5, 5.41) is 9.86. The highest BCUT2D eigenvalue weighted by Gasteiger charge is 2.28. The van der Waals surface area contributed by atoms with Gasteiger partial charge in [-0.1, -0.05) is 241 Å². The minimum absolute atomic E-state index is 0.146. The van der Waals surface area contributed by atoms with E-state index in [4.69, 9.17) is 23.3 Å². The van der Waals surface area contributed by atoms with Crippen molar-refractivity contribution in [3.05, 3.63) is 85.1 Å². The molecule has 0 bridgehead atoms. The predicted octanol–water partition coefficient (Wildman–Crippen LogP) is 19.8. The monoisotopic (exact) mass is 1140 g/mol. The van der Waals surface area contributed by atoms with Crippen LogP contribution in [-0.4, -0.2) is 66.5 Å². The topological polar surface area (TPSA) is 155 Å². The van der Waals surface area contributed by atoms with Crippen LogP contribution in [0.2, 0.25) is 0 Å². The number of carbonyl (C=O) groups excluding carboxylic acids is 3. The van der Waals surface area contributed by atoms with Gasteiger partial charge in [0, 0.05) is 19.3 Å². The predicted molar refractivity (Wildman–Crippen MR) is 334 cm³/mol. The molecule has 0 spiro atoms. The number of carbonyl (C=O) groups is 3. The minimum Gasteiger partial charge on any atom is -0.462 e. The molecule has 0 aromatic rings. The summed E-state index contributed by atoms with van der Waals surface area (Å²) in [5.41, 5.74) is 0. The fourth-order valence-electron chi connectivity index (χ4n) is 8.84. The van der Waals surface area contributed by atoms with Gasteiger partial charge in [0.05, 0.1) is 19.8 Å². The molecule has 0 saturated carbocycles. The Hall–Kier alpha value is -3.34. The summed E-state index contributed by atoms with van der Waals surface area (Å²) in [6.45, 7) is 4.51. The van der Waals surface area contributed by atoms with Crippen LogP contribution in [0.5, 0.6) is 0 Å². The lowest BCUT2D eigenvalue weighted by atomic mass is 10.1. The number of phosphoric ester groups is 1. The lowest BCUT2D eigenvalue weighted by Crippen LogP contribution is -2.30. The SMILES string of the molecule is CC/C=C\C/C=C\C/C=C\C/C=C\CCCCCCCCC(=O)OC(COC(=O)CCCCCCC/C=C\C/C=C\CCCCC)COP(=O)(O)OCC(CO)OC(=O)CCCCCCCCCCC/C=C\CCCCCCCC. The average Bonchev–Trinajstić information content (AvgIpc) is 3.45. The van der Waals surface area contributed by atoms with Gasteiger partial charge >= 0.3 is 25.7 Å². The molecule has 0 saturated heterocycles. The normalized spacial score (nSPS) is 13.8. The van der Waals surface area contributed by atoms with E-state index in [1.165, 1.54) is 103 Å². The Morgan fingerprint density at radius 3 is 1.04 bits per heavy atom. The van der Waals surface area contributed by atoms with Crippen LogP contribution < -0.4 is 0 Å². The summed E-state index contributed by atoms with van der Waals surface area (Å²) in [5.74, 6) is -1.49. The molecular weight excluding hydrogens is 1020 g/mol. The first kappa shape index (κ1) is 76.7. The lowest BCUT2D eigenvalue weighted by Gasteiger charge is -2.21. The first-order valence-electron chi connectivity index (χ1n) is 32.5. The van der Waals surface area contributed by atoms with Gasteiger partial charge in [-0.2, -0.15) is 0 Å². The molecule has 0 aliphatic heterocycles. The average molecular weight is 1140 g/mol. The van der Waals surface area contributed by atoms with Gasteiger partial charge in [0.15, 0.2) is 6.10 Å². The van der Waals surface area contributed by atoms with Gasteiger partial charge in [0.25, 0.3) is 0 Å². The van der Waals surface area contributed by atoms with Crippen molar-refractivity contribution in [2.75, 3.05) is 26.4 Å². The zero-order valence-electron chi connectivity index (χ0n) is 51.3. The molecule has 0 aliphatic rings. The Bertz CT molecular complexity index is 1670. The van der Waals surface area contributed by atoms with Crippen molar-refractivity contribution in [1.29, 1.82) is 0 Å². The van der Waals surface area contributed by atoms with E-state index >= 15 is 0 Å². The molecule has 0 aliphatic carbocycles. The molecule has 3 atom stereocenters. The highest BCUT2D eigenvalue weighted by Crippen LogP contribution is 2.43. The van der Waals surface area contributed by atoms with E-state index in [2.05, 4.69) is 106 Å². The summed E-state index contributed by atoms with van der Waals surface area (Å²) in [7, 11) is -4.76. The van der Waals surface area contributed by atoms with E-state index in [0.29, 0.717) is 19.3 Å². The Kier molecular flexibility index (Phi) is 59.1. The number of rotatable bonds is 60. The Balaban J connectivity index is 4.70. The molecule has 0 rings (SSSR count). The van der Waals surface area contributed by atoms with Gasteiger partial charge in [-0.05, 0) is 116 Å². The summed E-state index contributed by atoms with van der Waals surface area (Å²) in [4.78, 5) is 48.8. The van der Waals surface area contributed by atoms with E-state index in [9.17, 15) is 28.9 Å². The zero-order chi connectivity index (χ0) is 58.3. The van der Waals surface area contributed by atoms with Crippen molar-refractivity contribution in [1.82, 2.24) is 0 Å². The maximum absolute atomic E-state index is 13.0. The van der Waals surface area contributed by atoms with Crippen LogP contribution in [0.4, 0.5) is 0 Å². The van der Waals surface area contributed by atoms with E-state index in [-0.39, 0.29) is 25.9 Å². The van der Waals surface area contributed by atoms with Crippen LogP contribution in [0.15, 0.2) is 85.1 Å². The van der Waals surface area contributed by atoms with Crippen molar-refractivity contribution in [3.63, 3.8) is 0 Å². The molecule has 12 heteroatoms. The third-order valence-corrected chi connectivity index (χ3v) is 14.7. The van der Waals surface area contributed by atoms with E-state index in [1.54, 1.807) is 0 Å².